The van der Waals surface area contributed by atoms with Crippen molar-refractivity contribution in [2.45, 2.75) is 25.4 Å². The smallest absolute Gasteiger partial charge is 0.235 e. The van der Waals surface area contributed by atoms with Gasteiger partial charge in [-0.05, 0) is 23.6 Å². The van der Waals surface area contributed by atoms with E-state index in [1.54, 1.807) is 4.90 Å². The minimum Gasteiger partial charge on any atom is -0.352 e. The van der Waals surface area contributed by atoms with Crippen LogP contribution in [0.5, 0.6) is 0 Å². The van der Waals surface area contributed by atoms with Gasteiger partial charge in [-0.1, -0.05) is 91.0 Å². The Kier molecular flexibility index (Phi) is 9.08. The molecule has 1 fully saturated rings. The molecule has 1 aromatic heterocycles. The van der Waals surface area contributed by atoms with Gasteiger partial charge in [0.2, 0.25) is 15.9 Å². The summed E-state index contributed by atoms with van der Waals surface area (Å²) in [7, 11) is -1.02. The molecule has 0 bridgehead atoms. The number of aromatic nitrogens is 2. The average Bonchev–Trinajstić information content (AvgIpc) is 3.37. The van der Waals surface area contributed by atoms with Crippen molar-refractivity contribution in [2.75, 3.05) is 44.4 Å². The van der Waals surface area contributed by atoms with E-state index < -0.39 is 33.5 Å². The number of hydrogen-bond acceptors (Lipinski definition) is 6. The Morgan fingerprint density at radius 2 is 1.44 bits per heavy atom. The molecule has 5 rings (SSSR count). The van der Waals surface area contributed by atoms with E-state index in [2.05, 4.69) is 0 Å². The van der Waals surface area contributed by atoms with Crippen LogP contribution in [0.2, 0.25) is 0 Å². The molecule has 43 heavy (non-hydrogen) atoms. The second-order valence-corrected chi connectivity index (χ2v) is 13.2. The van der Waals surface area contributed by atoms with E-state index in [0.29, 0.717) is 13.1 Å². The Bertz CT molecular complexity index is 1620. The van der Waals surface area contributed by atoms with E-state index in [-0.39, 0.29) is 19.0 Å². The molecule has 1 aliphatic rings. The summed E-state index contributed by atoms with van der Waals surface area (Å²) in [6.07, 6.45) is 0. The largest absolute Gasteiger partial charge is 0.352 e. The summed E-state index contributed by atoms with van der Waals surface area (Å²) in [5.74, 6) is -1.25. The number of carbonyl (C=O) groups is 2. The summed E-state index contributed by atoms with van der Waals surface area (Å²) in [5, 5.41) is 4.70. The topological polar surface area (TPSA) is 95.8 Å². The van der Waals surface area contributed by atoms with Crippen LogP contribution in [0.3, 0.4) is 0 Å². The van der Waals surface area contributed by atoms with Crippen molar-refractivity contribution in [1.82, 2.24) is 19.0 Å². The fourth-order valence-corrected chi connectivity index (χ4v) is 6.34. The van der Waals surface area contributed by atoms with Crippen LogP contribution in [0.15, 0.2) is 97.1 Å². The van der Waals surface area contributed by atoms with Crippen molar-refractivity contribution < 1.29 is 18.0 Å². The van der Waals surface area contributed by atoms with Crippen molar-refractivity contribution in [3.05, 3.63) is 119 Å². The maximum Gasteiger partial charge on any atom is 0.235 e. The van der Waals surface area contributed by atoms with Crippen LogP contribution >= 0.6 is 0 Å². The first-order valence-corrected chi connectivity index (χ1v) is 15.9. The zero-order chi connectivity index (χ0) is 30.6. The molecule has 2 heterocycles. The molecule has 4 aromatic rings. The highest BCUT2D eigenvalue weighted by Gasteiger charge is 2.41. The summed E-state index contributed by atoms with van der Waals surface area (Å²) < 4.78 is 28.6. The highest BCUT2D eigenvalue weighted by molar-refractivity contribution is 7.89. The predicted molar refractivity (Wildman–Crippen MR) is 167 cm³/mol. The Labute approximate surface area is 253 Å². The zero-order valence-corrected chi connectivity index (χ0v) is 25.5. The van der Waals surface area contributed by atoms with Gasteiger partial charge in [-0.15, -0.1) is 0 Å². The molecule has 9 nitrogen and oxygen atoms in total. The second-order valence-electron chi connectivity index (χ2n) is 11.0. The normalized spacial score (nSPS) is 15.7. The van der Waals surface area contributed by atoms with Crippen LogP contribution in [0.1, 0.15) is 28.3 Å². The number of sulfonamides is 1. The number of nitrogens with zero attached hydrogens (tertiary/aromatic N) is 5. The molecule has 0 unspecified atom stereocenters. The molecule has 0 N–H and O–H groups in total. The zero-order valence-electron chi connectivity index (χ0n) is 24.7. The van der Waals surface area contributed by atoms with E-state index in [1.807, 2.05) is 114 Å². The van der Waals surface area contributed by atoms with Crippen molar-refractivity contribution >= 4 is 27.5 Å². The third kappa shape index (κ3) is 6.87. The number of amides is 1. The lowest BCUT2D eigenvalue weighted by molar-refractivity contribution is -0.139. The average molecular weight is 600 g/mol. The maximum atomic E-state index is 14.4. The van der Waals surface area contributed by atoms with Crippen LogP contribution in [-0.4, -0.2) is 84.6 Å². The summed E-state index contributed by atoms with van der Waals surface area (Å²) in [4.78, 5) is 31.9. The van der Waals surface area contributed by atoms with Gasteiger partial charge in [0.15, 0.2) is 5.78 Å². The number of ketones is 1. The third-order valence-electron chi connectivity index (χ3n) is 7.81. The van der Waals surface area contributed by atoms with Crippen molar-refractivity contribution in [3.63, 3.8) is 0 Å². The molecule has 0 aliphatic carbocycles. The van der Waals surface area contributed by atoms with E-state index in [0.717, 1.165) is 32.5 Å². The molecule has 224 valence electrons. The van der Waals surface area contributed by atoms with Crippen LogP contribution < -0.4 is 4.90 Å². The van der Waals surface area contributed by atoms with Gasteiger partial charge in [-0.3, -0.25) is 9.59 Å². The Morgan fingerprint density at radius 1 is 0.884 bits per heavy atom. The molecule has 1 saturated heterocycles. The number of Topliss-reactive ketones (excluding diaryl/α,β-unsaturated/α-hetero) is 1. The Morgan fingerprint density at radius 3 is 2.00 bits per heavy atom. The van der Waals surface area contributed by atoms with Gasteiger partial charge in [0.05, 0.1) is 18.2 Å². The number of piperazine rings is 1. The number of hydrogen-bond donors (Lipinski definition) is 0. The number of rotatable bonds is 10. The maximum absolute atomic E-state index is 14.4. The first-order valence-electron chi connectivity index (χ1n) is 14.3. The molecule has 10 heteroatoms. The van der Waals surface area contributed by atoms with Crippen LogP contribution in [-0.2, 0) is 26.2 Å². The molecule has 1 atom stereocenters. The molecule has 0 spiro atoms. The van der Waals surface area contributed by atoms with E-state index in [1.165, 1.54) is 14.1 Å². The Hall–Kier alpha value is -4.28. The quantitative estimate of drug-likeness (QED) is 0.277. The fourth-order valence-electron chi connectivity index (χ4n) is 5.53. The minimum absolute atomic E-state index is 0.156. The van der Waals surface area contributed by atoms with Crippen LogP contribution in [0.4, 0.5) is 5.82 Å². The lowest BCUT2D eigenvalue weighted by Crippen LogP contribution is -2.60. The van der Waals surface area contributed by atoms with Crippen molar-refractivity contribution in [3.8, 4) is 0 Å². The molecular weight excluding hydrogens is 562 g/mol. The number of anilines is 1. The van der Waals surface area contributed by atoms with E-state index in [9.17, 15) is 18.0 Å². The van der Waals surface area contributed by atoms with E-state index in [4.69, 9.17) is 5.10 Å². The third-order valence-corrected chi connectivity index (χ3v) is 9.57. The van der Waals surface area contributed by atoms with Crippen molar-refractivity contribution in [1.29, 1.82) is 0 Å². The van der Waals surface area contributed by atoms with Gasteiger partial charge in [0.25, 0.3) is 0 Å². The molecule has 0 radical (unpaired) electrons. The summed E-state index contributed by atoms with van der Waals surface area (Å²) >= 11 is 0. The van der Waals surface area contributed by atoms with E-state index >= 15 is 0 Å². The van der Waals surface area contributed by atoms with Gasteiger partial charge in [0, 0.05) is 39.8 Å². The van der Waals surface area contributed by atoms with Gasteiger partial charge in [-0.2, -0.15) is 5.10 Å². The SMILES string of the molecule is Cc1cc(N2CCN(C(=O)C(c3ccccc3)c3ccccc3)[C@H](C(=O)CS(=O)(=O)N(C)C)C2)n(Cc2ccccc2)n1. The molecule has 0 saturated carbocycles. The standard InChI is InChI=1S/C33H37N5O4S/c1-25-21-31(38(34-25)22-26-13-7-4-8-14-26)36-19-20-37(29(23-36)30(39)24-43(41,42)35(2)3)33(40)32(27-15-9-5-10-16-27)28-17-11-6-12-18-28/h4-18,21,29,32H,19-20,22-24H2,1-3H3/t29-/m0/s1. The molecular formula is C33H37N5O4S. The number of aryl methyl sites for hydroxylation is 1. The lowest BCUT2D eigenvalue weighted by Gasteiger charge is -2.43. The monoisotopic (exact) mass is 599 g/mol. The van der Waals surface area contributed by atoms with Crippen LogP contribution in [0.25, 0.3) is 0 Å². The summed E-state index contributed by atoms with van der Waals surface area (Å²) in [6.45, 7) is 3.33. The van der Waals surface area contributed by atoms with Gasteiger partial charge in [0.1, 0.15) is 17.6 Å². The minimum atomic E-state index is -3.84. The molecule has 1 aliphatic heterocycles. The Balaban J connectivity index is 1.50. The van der Waals surface area contributed by atoms with Crippen LogP contribution in [0, 0.1) is 6.92 Å². The van der Waals surface area contributed by atoms with Gasteiger partial charge in [-0.25, -0.2) is 17.4 Å². The molecule has 1 amide bonds. The fraction of sp³-hybridized carbons (Fsp3) is 0.303. The summed E-state index contributed by atoms with van der Waals surface area (Å²) in [6, 6.07) is 30.0. The molecule has 3 aromatic carbocycles. The first kappa shape index (κ1) is 30.2. The lowest BCUT2D eigenvalue weighted by atomic mass is 9.89. The predicted octanol–water partition coefficient (Wildman–Crippen LogP) is 3.55. The highest BCUT2D eigenvalue weighted by atomic mass is 32.2. The highest BCUT2D eigenvalue weighted by Crippen LogP contribution is 2.30. The first-order chi connectivity index (χ1) is 20.6. The number of carbonyl (C=O) groups excluding carboxylic acids is 2. The van der Waals surface area contributed by atoms with Crippen molar-refractivity contribution in [2.24, 2.45) is 0 Å². The summed E-state index contributed by atoms with van der Waals surface area (Å²) in [5.41, 5.74) is 3.53. The van der Waals surface area contributed by atoms with Gasteiger partial charge < -0.3 is 9.80 Å². The van der Waals surface area contributed by atoms with Gasteiger partial charge >= 0.3 is 0 Å². The number of benzene rings is 3. The second kappa shape index (κ2) is 12.9.